The Balaban J connectivity index is 1.86. The van der Waals surface area contributed by atoms with Gasteiger partial charge in [-0.2, -0.15) is 5.26 Å². The second-order valence-electron chi connectivity index (χ2n) is 3.78. The molecular formula is C13H8NO2PS. The molecular weight excluding hydrogens is 265 g/mol. The maximum absolute atomic E-state index is 8.72. The van der Waals surface area contributed by atoms with Crippen molar-refractivity contribution < 1.29 is 9.05 Å². The van der Waals surface area contributed by atoms with Gasteiger partial charge in [0.25, 0.3) is 0 Å². The second kappa shape index (κ2) is 4.13. The van der Waals surface area contributed by atoms with Crippen LogP contribution in [0.5, 0.6) is 11.5 Å². The molecule has 1 aliphatic heterocycles. The highest BCUT2D eigenvalue weighted by Gasteiger charge is 2.38. The van der Waals surface area contributed by atoms with Gasteiger partial charge in [0.15, 0.2) is 0 Å². The lowest BCUT2D eigenvalue weighted by atomic mass is 10.2. The molecule has 1 heterocycles. The molecule has 1 unspecified atom stereocenters. The first-order valence-electron chi connectivity index (χ1n) is 5.30. The molecule has 0 spiro atoms. The van der Waals surface area contributed by atoms with Gasteiger partial charge in [0, 0.05) is 0 Å². The van der Waals surface area contributed by atoms with Crippen molar-refractivity contribution in [3.63, 3.8) is 0 Å². The normalized spacial score (nSPS) is 19.9. The van der Waals surface area contributed by atoms with E-state index in [2.05, 4.69) is 6.07 Å². The SMILES string of the molecule is N#Cc1ccc(OP2(=S)Oc3ccccc32)cc1. The molecule has 0 aromatic heterocycles. The summed E-state index contributed by atoms with van der Waals surface area (Å²) in [4.78, 5) is 0. The van der Waals surface area contributed by atoms with Gasteiger partial charge in [0.1, 0.15) is 16.8 Å². The number of nitriles is 1. The number of para-hydroxylation sites is 1. The summed E-state index contributed by atoms with van der Waals surface area (Å²) >= 11 is 5.43. The Morgan fingerprint density at radius 3 is 2.50 bits per heavy atom. The maximum Gasteiger partial charge on any atom is 0.323 e. The molecule has 2 aromatic rings. The second-order valence-corrected chi connectivity index (χ2v) is 7.07. The van der Waals surface area contributed by atoms with Crippen LogP contribution in [0.2, 0.25) is 0 Å². The summed E-state index contributed by atoms with van der Waals surface area (Å²) in [6, 6.07) is 16.6. The van der Waals surface area contributed by atoms with E-state index in [9.17, 15) is 0 Å². The van der Waals surface area contributed by atoms with Gasteiger partial charge in [-0.1, -0.05) is 12.1 Å². The van der Waals surface area contributed by atoms with Crippen LogP contribution in [0.4, 0.5) is 0 Å². The van der Waals surface area contributed by atoms with Gasteiger partial charge in [0.05, 0.1) is 11.6 Å². The van der Waals surface area contributed by atoms with E-state index in [0.717, 1.165) is 11.1 Å². The summed E-state index contributed by atoms with van der Waals surface area (Å²) in [6.07, 6.45) is 0. The molecule has 0 aliphatic carbocycles. The van der Waals surface area contributed by atoms with E-state index in [1.165, 1.54) is 0 Å². The molecule has 0 radical (unpaired) electrons. The Morgan fingerprint density at radius 2 is 1.83 bits per heavy atom. The zero-order chi connectivity index (χ0) is 12.6. The fourth-order valence-electron chi connectivity index (χ4n) is 1.70. The molecule has 0 saturated carbocycles. The summed E-state index contributed by atoms with van der Waals surface area (Å²) in [7, 11) is 0. The molecule has 1 aliphatic rings. The number of hydrogen-bond acceptors (Lipinski definition) is 4. The van der Waals surface area contributed by atoms with E-state index < -0.39 is 6.49 Å². The lowest BCUT2D eigenvalue weighted by Gasteiger charge is -2.33. The van der Waals surface area contributed by atoms with Crippen molar-refractivity contribution >= 4 is 23.6 Å². The van der Waals surface area contributed by atoms with E-state index in [1.807, 2.05) is 24.3 Å². The first kappa shape index (κ1) is 11.3. The highest BCUT2D eigenvalue weighted by molar-refractivity contribution is 8.14. The van der Waals surface area contributed by atoms with Gasteiger partial charge in [-0.05, 0) is 48.2 Å². The number of hydrogen-bond donors (Lipinski definition) is 0. The monoisotopic (exact) mass is 273 g/mol. The van der Waals surface area contributed by atoms with Crippen LogP contribution in [-0.2, 0) is 11.8 Å². The third-order valence-corrected chi connectivity index (χ3v) is 5.47. The highest BCUT2D eigenvalue weighted by Crippen LogP contribution is 2.57. The molecule has 1 atom stereocenters. The van der Waals surface area contributed by atoms with Crippen molar-refractivity contribution in [1.29, 1.82) is 5.26 Å². The van der Waals surface area contributed by atoms with Crippen LogP contribution in [0.15, 0.2) is 48.5 Å². The third-order valence-electron chi connectivity index (χ3n) is 2.59. The Hall–Kier alpha value is -1.82. The first-order chi connectivity index (χ1) is 8.71. The highest BCUT2D eigenvalue weighted by atomic mass is 32.5. The fourth-order valence-corrected chi connectivity index (χ4v) is 4.23. The number of benzene rings is 2. The zero-order valence-corrected chi connectivity index (χ0v) is 10.9. The molecule has 0 fully saturated rings. The zero-order valence-electron chi connectivity index (χ0n) is 9.24. The molecule has 0 bridgehead atoms. The van der Waals surface area contributed by atoms with Gasteiger partial charge in [-0.3, -0.25) is 0 Å². The van der Waals surface area contributed by atoms with Gasteiger partial charge < -0.3 is 9.05 Å². The lowest BCUT2D eigenvalue weighted by Crippen LogP contribution is -2.25. The van der Waals surface area contributed by atoms with Crippen LogP contribution >= 0.6 is 6.49 Å². The average molecular weight is 273 g/mol. The van der Waals surface area contributed by atoms with Crippen LogP contribution < -0.4 is 14.4 Å². The van der Waals surface area contributed by atoms with Crippen LogP contribution in [0.25, 0.3) is 0 Å². The predicted octanol–water partition coefficient (Wildman–Crippen LogP) is 2.96. The molecule has 5 heteroatoms. The minimum atomic E-state index is -2.38. The maximum atomic E-state index is 8.72. The van der Waals surface area contributed by atoms with E-state index >= 15 is 0 Å². The van der Waals surface area contributed by atoms with Crippen molar-refractivity contribution in [2.24, 2.45) is 0 Å². The van der Waals surface area contributed by atoms with Gasteiger partial charge in [-0.15, -0.1) is 0 Å². The first-order valence-corrected chi connectivity index (χ1v) is 7.94. The van der Waals surface area contributed by atoms with Gasteiger partial charge >= 0.3 is 6.49 Å². The van der Waals surface area contributed by atoms with Crippen molar-refractivity contribution in [2.45, 2.75) is 0 Å². The van der Waals surface area contributed by atoms with Gasteiger partial charge in [0.2, 0.25) is 0 Å². The van der Waals surface area contributed by atoms with Crippen LogP contribution in [0, 0.1) is 11.3 Å². The minimum Gasteiger partial charge on any atom is -0.432 e. The smallest absolute Gasteiger partial charge is 0.323 e. The number of nitrogens with zero attached hydrogens (tertiary/aromatic N) is 1. The van der Waals surface area contributed by atoms with Crippen molar-refractivity contribution in [3.8, 4) is 17.6 Å². The van der Waals surface area contributed by atoms with E-state index in [1.54, 1.807) is 24.3 Å². The summed E-state index contributed by atoms with van der Waals surface area (Å²) < 4.78 is 11.3. The standard InChI is InChI=1S/C13H8NO2PS/c14-9-10-5-7-11(8-6-10)15-17(18)13-4-2-1-3-12(13)16-17/h1-8H. The van der Waals surface area contributed by atoms with Crippen LogP contribution in [0.1, 0.15) is 5.56 Å². The Kier molecular flexibility index (Phi) is 2.59. The van der Waals surface area contributed by atoms with E-state index in [-0.39, 0.29) is 0 Å². The van der Waals surface area contributed by atoms with Crippen molar-refractivity contribution in [2.75, 3.05) is 0 Å². The van der Waals surface area contributed by atoms with Crippen LogP contribution in [-0.4, -0.2) is 0 Å². The molecule has 3 rings (SSSR count). The Labute approximate surface area is 110 Å². The number of rotatable bonds is 2. The fraction of sp³-hybridized carbons (Fsp3) is 0. The van der Waals surface area contributed by atoms with Crippen molar-refractivity contribution in [1.82, 2.24) is 0 Å². The molecule has 2 aromatic carbocycles. The Bertz CT molecular complexity index is 691. The molecule has 0 N–H and O–H groups in total. The average Bonchev–Trinajstić information content (AvgIpc) is 2.39. The number of fused-ring (bicyclic) bond motifs is 1. The molecule has 0 saturated heterocycles. The van der Waals surface area contributed by atoms with Crippen molar-refractivity contribution in [3.05, 3.63) is 54.1 Å². The lowest BCUT2D eigenvalue weighted by molar-refractivity contribution is 0.477. The summed E-state index contributed by atoms with van der Waals surface area (Å²) in [5.74, 6) is 1.43. The van der Waals surface area contributed by atoms with E-state index in [4.69, 9.17) is 26.1 Å². The predicted molar refractivity (Wildman–Crippen MR) is 72.8 cm³/mol. The summed E-state index contributed by atoms with van der Waals surface area (Å²) in [5, 5.41) is 9.68. The minimum absolute atomic E-state index is 0.592. The topological polar surface area (TPSA) is 42.2 Å². The molecule has 0 amide bonds. The Morgan fingerprint density at radius 1 is 1.11 bits per heavy atom. The largest absolute Gasteiger partial charge is 0.432 e. The molecule has 3 nitrogen and oxygen atoms in total. The van der Waals surface area contributed by atoms with E-state index in [0.29, 0.717) is 11.3 Å². The molecule has 18 heavy (non-hydrogen) atoms. The third kappa shape index (κ3) is 1.78. The quantitative estimate of drug-likeness (QED) is 0.789. The summed E-state index contributed by atoms with van der Waals surface area (Å²) in [5.41, 5.74) is 0.592. The summed E-state index contributed by atoms with van der Waals surface area (Å²) in [6.45, 7) is -2.38. The van der Waals surface area contributed by atoms with Gasteiger partial charge in [-0.25, -0.2) is 0 Å². The van der Waals surface area contributed by atoms with Crippen LogP contribution in [0.3, 0.4) is 0 Å². The molecule has 88 valence electrons.